The minimum atomic E-state index is -0.630. The number of carbonyl (C=O) groups is 2. The third kappa shape index (κ3) is 4.36. The number of rotatable bonds is 4. The second-order valence-corrected chi connectivity index (χ2v) is 7.94. The lowest BCUT2D eigenvalue weighted by Crippen LogP contribution is -2.46. The van der Waals surface area contributed by atoms with Gasteiger partial charge in [-0.15, -0.1) is 0 Å². The first-order valence-electron chi connectivity index (χ1n) is 9.57. The van der Waals surface area contributed by atoms with Gasteiger partial charge in [0.2, 0.25) is 5.91 Å². The molecule has 1 aliphatic rings. The lowest BCUT2D eigenvalue weighted by Gasteiger charge is -2.22. The van der Waals surface area contributed by atoms with Crippen LogP contribution in [0.5, 0.6) is 11.5 Å². The van der Waals surface area contributed by atoms with Crippen LogP contribution in [0, 0.1) is 0 Å². The number of hydrogen-bond donors (Lipinski definition) is 1. The Bertz CT molecular complexity index is 1090. The highest BCUT2D eigenvalue weighted by atomic mass is 79.9. The molecule has 1 atom stereocenters. The Morgan fingerprint density at radius 3 is 2.73 bits per heavy atom. The quantitative estimate of drug-likeness (QED) is 0.621. The van der Waals surface area contributed by atoms with Crippen LogP contribution in [-0.4, -0.2) is 29.9 Å². The first-order valence-corrected chi connectivity index (χ1v) is 10.4. The van der Waals surface area contributed by atoms with Crippen molar-refractivity contribution in [2.75, 3.05) is 11.9 Å². The van der Waals surface area contributed by atoms with Gasteiger partial charge in [-0.2, -0.15) is 0 Å². The number of pyridine rings is 1. The van der Waals surface area contributed by atoms with E-state index in [9.17, 15) is 9.59 Å². The molecule has 1 aromatic heterocycles. The highest BCUT2D eigenvalue weighted by molar-refractivity contribution is 9.10. The molecule has 1 N–H and O–H groups in total. The zero-order valence-corrected chi connectivity index (χ0v) is 17.9. The number of carbonyl (C=O) groups excluding carboxylic acids is 2. The van der Waals surface area contributed by atoms with E-state index < -0.39 is 11.9 Å². The number of aromatic nitrogens is 1. The standard InChI is InChI=1S/C23H20BrN3O3/c1-27-21-13-16(24)9-7-15(21)8-10-19(23(27)29)26-22(28)20-14-18(11-12-25-20)30-17-5-3-2-4-6-17/h2-7,9,11-14,19H,8,10H2,1H3,(H,26,28)/t19-/m0/s1. The second kappa shape index (κ2) is 8.67. The van der Waals surface area contributed by atoms with Crippen molar-refractivity contribution in [1.29, 1.82) is 0 Å². The van der Waals surface area contributed by atoms with Gasteiger partial charge in [0, 0.05) is 29.5 Å². The number of nitrogens with zero attached hydrogens (tertiary/aromatic N) is 2. The molecule has 0 radical (unpaired) electrons. The normalized spacial score (nSPS) is 15.9. The maximum atomic E-state index is 12.9. The topological polar surface area (TPSA) is 71.5 Å². The Morgan fingerprint density at radius 1 is 1.13 bits per heavy atom. The molecule has 0 unspecified atom stereocenters. The minimum absolute atomic E-state index is 0.156. The number of hydrogen-bond acceptors (Lipinski definition) is 4. The van der Waals surface area contributed by atoms with Gasteiger partial charge in [0.05, 0.1) is 0 Å². The zero-order chi connectivity index (χ0) is 21.1. The van der Waals surface area contributed by atoms with E-state index in [1.807, 2.05) is 48.5 Å². The third-order valence-corrected chi connectivity index (χ3v) is 5.48. The molecule has 2 heterocycles. The summed E-state index contributed by atoms with van der Waals surface area (Å²) >= 11 is 3.45. The van der Waals surface area contributed by atoms with E-state index in [1.165, 1.54) is 6.20 Å². The van der Waals surface area contributed by atoms with Crippen LogP contribution in [0.4, 0.5) is 5.69 Å². The molecular weight excluding hydrogens is 446 g/mol. The Labute approximate surface area is 183 Å². The number of likely N-dealkylation sites (N-methyl/N-ethyl adjacent to an activating group) is 1. The summed E-state index contributed by atoms with van der Waals surface area (Å²) in [6.45, 7) is 0. The van der Waals surface area contributed by atoms with Gasteiger partial charge in [0.25, 0.3) is 5.91 Å². The van der Waals surface area contributed by atoms with Crippen molar-refractivity contribution in [1.82, 2.24) is 10.3 Å². The van der Waals surface area contributed by atoms with Crippen molar-refractivity contribution in [3.8, 4) is 11.5 Å². The number of anilines is 1. The average Bonchev–Trinajstić information content (AvgIpc) is 2.87. The minimum Gasteiger partial charge on any atom is -0.457 e. The molecule has 2 amide bonds. The predicted octanol–water partition coefficient (Wildman–Crippen LogP) is 4.34. The van der Waals surface area contributed by atoms with Crippen molar-refractivity contribution in [2.24, 2.45) is 0 Å². The monoisotopic (exact) mass is 465 g/mol. The number of fused-ring (bicyclic) bond motifs is 1. The summed E-state index contributed by atoms with van der Waals surface area (Å²) < 4.78 is 6.68. The number of halogens is 1. The predicted molar refractivity (Wildman–Crippen MR) is 118 cm³/mol. The Balaban J connectivity index is 1.49. The first-order chi connectivity index (χ1) is 14.5. The summed E-state index contributed by atoms with van der Waals surface area (Å²) in [5.41, 5.74) is 2.12. The Morgan fingerprint density at radius 2 is 1.93 bits per heavy atom. The Hall–Kier alpha value is -3.19. The number of ether oxygens (including phenoxy) is 1. The van der Waals surface area contributed by atoms with Crippen LogP contribution in [0.25, 0.3) is 0 Å². The maximum Gasteiger partial charge on any atom is 0.270 e. The molecule has 0 saturated carbocycles. The number of amides is 2. The van der Waals surface area contributed by atoms with Crippen molar-refractivity contribution in [2.45, 2.75) is 18.9 Å². The molecule has 0 fully saturated rings. The van der Waals surface area contributed by atoms with E-state index in [2.05, 4.69) is 26.2 Å². The molecule has 3 aromatic rings. The number of para-hydroxylation sites is 1. The van der Waals surface area contributed by atoms with Gasteiger partial charge < -0.3 is 15.0 Å². The molecule has 152 valence electrons. The third-order valence-electron chi connectivity index (χ3n) is 4.99. The van der Waals surface area contributed by atoms with Crippen LogP contribution in [0.1, 0.15) is 22.5 Å². The van der Waals surface area contributed by atoms with Crippen LogP contribution in [-0.2, 0) is 11.2 Å². The summed E-state index contributed by atoms with van der Waals surface area (Å²) in [5, 5.41) is 2.84. The largest absolute Gasteiger partial charge is 0.457 e. The molecule has 30 heavy (non-hydrogen) atoms. The smallest absolute Gasteiger partial charge is 0.270 e. The van der Waals surface area contributed by atoms with E-state index in [-0.39, 0.29) is 11.6 Å². The zero-order valence-electron chi connectivity index (χ0n) is 16.3. The molecule has 4 rings (SSSR count). The van der Waals surface area contributed by atoms with Crippen LogP contribution in [0.2, 0.25) is 0 Å². The summed E-state index contributed by atoms with van der Waals surface area (Å²) in [5.74, 6) is 0.603. The van der Waals surface area contributed by atoms with Gasteiger partial charge in [0.1, 0.15) is 23.2 Å². The highest BCUT2D eigenvalue weighted by Crippen LogP contribution is 2.29. The second-order valence-electron chi connectivity index (χ2n) is 7.03. The SMILES string of the molecule is CN1C(=O)[C@@H](NC(=O)c2cc(Oc3ccccc3)ccn2)CCc2ccc(Br)cc21. The highest BCUT2D eigenvalue weighted by Gasteiger charge is 2.30. The van der Waals surface area contributed by atoms with Crippen molar-refractivity contribution < 1.29 is 14.3 Å². The van der Waals surface area contributed by atoms with Gasteiger partial charge >= 0.3 is 0 Å². The van der Waals surface area contributed by atoms with Gasteiger partial charge in [-0.05, 0) is 48.7 Å². The van der Waals surface area contributed by atoms with E-state index in [4.69, 9.17) is 4.74 Å². The molecule has 1 aliphatic heterocycles. The van der Waals surface area contributed by atoms with Crippen molar-refractivity contribution in [3.63, 3.8) is 0 Å². The van der Waals surface area contributed by atoms with E-state index in [0.29, 0.717) is 24.3 Å². The molecule has 0 spiro atoms. The summed E-state index contributed by atoms with van der Waals surface area (Å²) in [7, 11) is 1.73. The number of nitrogens with one attached hydrogen (secondary N) is 1. The van der Waals surface area contributed by atoms with Crippen LogP contribution >= 0.6 is 15.9 Å². The van der Waals surface area contributed by atoms with E-state index in [1.54, 1.807) is 24.1 Å². The summed E-state index contributed by atoms with van der Waals surface area (Å²) in [4.78, 5) is 31.5. The lowest BCUT2D eigenvalue weighted by atomic mass is 10.1. The average molecular weight is 466 g/mol. The fraction of sp³-hybridized carbons (Fsp3) is 0.174. The molecule has 0 saturated heterocycles. The summed E-state index contributed by atoms with van der Waals surface area (Å²) in [6, 6.07) is 17.8. The van der Waals surface area contributed by atoms with Gasteiger partial charge in [-0.3, -0.25) is 14.6 Å². The fourth-order valence-electron chi connectivity index (χ4n) is 3.43. The Kier molecular flexibility index (Phi) is 5.81. The molecule has 2 aromatic carbocycles. The maximum absolute atomic E-state index is 12.9. The van der Waals surface area contributed by atoms with E-state index in [0.717, 1.165) is 15.7 Å². The number of aryl methyl sites for hydroxylation is 1. The number of benzene rings is 2. The summed E-state index contributed by atoms with van der Waals surface area (Å²) in [6.07, 6.45) is 2.72. The molecular formula is C23H20BrN3O3. The lowest BCUT2D eigenvalue weighted by molar-refractivity contribution is -0.120. The van der Waals surface area contributed by atoms with Crippen LogP contribution in [0.3, 0.4) is 0 Å². The van der Waals surface area contributed by atoms with Gasteiger partial charge in [-0.1, -0.05) is 40.2 Å². The molecule has 0 bridgehead atoms. The first kappa shape index (κ1) is 20.1. The van der Waals surface area contributed by atoms with Crippen molar-refractivity contribution >= 4 is 33.4 Å². The van der Waals surface area contributed by atoms with Crippen molar-refractivity contribution in [3.05, 3.63) is 82.6 Å². The molecule has 0 aliphatic carbocycles. The van der Waals surface area contributed by atoms with Gasteiger partial charge in [0.15, 0.2) is 0 Å². The van der Waals surface area contributed by atoms with Crippen LogP contribution < -0.4 is 15.0 Å². The molecule has 7 heteroatoms. The fourth-order valence-corrected chi connectivity index (χ4v) is 3.77. The molecule has 6 nitrogen and oxygen atoms in total. The van der Waals surface area contributed by atoms with Gasteiger partial charge in [-0.25, -0.2) is 0 Å². The van der Waals surface area contributed by atoms with E-state index >= 15 is 0 Å². The van der Waals surface area contributed by atoms with Crippen LogP contribution in [0.15, 0.2) is 71.3 Å².